The van der Waals surface area contributed by atoms with E-state index in [1.54, 1.807) is 0 Å². The Balaban J connectivity index is 2.40. The average molecular weight is 232 g/mol. The second-order valence-electron chi connectivity index (χ2n) is 3.54. The molecule has 0 atom stereocenters. The molecule has 0 radical (unpaired) electrons. The Morgan fingerprint density at radius 1 is 1.00 bits per heavy atom. The number of carbonyl (C=O) groups is 1. The van der Waals surface area contributed by atoms with Crippen LogP contribution < -0.4 is 0 Å². The molecule has 0 saturated carbocycles. The molecule has 0 heterocycles. The number of carbonyl (C=O) groups excluding carboxylic acids is 1. The van der Waals surface area contributed by atoms with Crippen molar-refractivity contribution < 1.29 is 19.4 Å². The van der Waals surface area contributed by atoms with Gasteiger partial charge in [-0.1, -0.05) is 0 Å². The van der Waals surface area contributed by atoms with Gasteiger partial charge < -0.3 is 10.2 Å². The standard InChI is InChI=1S/C13H9FO3/c14-9-3-1-8(2-4-9)13(17)11-6-5-10(15)7-12(11)16/h1-7,15-16H. The normalized spacial score (nSPS) is 10.2. The van der Waals surface area contributed by atoms with Crippen LogP contribution in [0.1, 0.15) is 15.9 Å². The molecule has 17 heavy (non-hydrogen) atoms. The van der Waals surface area contributed by atoms with Gasteiger partial charge in [0.25, 0.3) is 0 Å². The van der Waals surface area contributed by atoms with Gasteiger partial charge in [-0.2, -0.15) is 0 Å². The molecule has 0 unspecified atom stereocenters. The van der Waals surface area contributed by atoms with Crippen molar-refractivity contribution in [1.29, 1.82) is 0 Å². The number of halogens is 1. The zero-order valence-corrected chi connectivity index (χ0v) is 8.72. The molecule has 2 aromatic rings. The van der Waals surface area contributed by atoms with Gasteiger partial charge in [0.1, 0.15) is 17.3 Å². The van der Waals surface area contributed by atoms with Crippen molar-refractivity contribution in [2.45, 2.75) is 0 Å². The van der Waals surface area contributed by atoms with Crippen molar-refractivity contribution in [2.75, 3.05) is 0 Å². The minimum atomic E-state index is -0.434. The van der Waals surface area contributed by atoms with E-state index in [0.717, 1.165) is 6.07 Å². The van der Waals surface area contributed by atoms with Crippen LogP contribution in [0.3, 0.4) is 0 Å². The van der Waals surface area contributed by atoms with Gasteiger partial charge in [-0.3, -0.25) is 4.79 Å². The average Bonchev–Trinajstić information content (AvgIpc) is 2.29. The lowest BCUT2D eigenvalue weighted by molar-refractivity contribution is 0.103. The molecule has 0 bridgehead atoms. The Bertz CT molecular complexity index is 561. The first kappa shape index (κ1) is 11.1. The molecule has 3 nitrogen and oxygen atoms in total. The predicted octanol–water partition coefficient (Wildman–Crippen LogP) is 2.47. The van der Waals surface area contributed by atoms with Crippen LogP contribution in [0, 0.1) is 5.82 Å². The number of aromatic hydroxyl groups is 2. The minimum absolute atomic E-state index is 0.0643. The van der Waals surface area contributed by atoms with Gasteiger partial charge >= 0.3 is 0 Å². The molecule has 0 saturated heterocycles. The molecule has 0 aliphatic rings. The number of phenolic OH excluding ortho intramolecular Hbond substituents is 2. The maximum Gasteiger partial charge on any atom is 0.196 e. The molecule has 86 valence electrons. The second-order valence-corrected chi connectivity index (χ2v) is 3.54. The summed E-state index contributed by atoms with van der Waals surface area (Å²) in [6, 6.07) is 8.72. The fourth-order valence-electron chi connectivity index (χ4n) is 1.47. The molecule has 0 aliphatic heterocycles. The molecule has 2 rings (SSSR count). The Kier molecular flexibility index (Phi) is 2.78. The highest BCUT2D eigenvalue weighted by atomic mass is 19.1. The van der Waals surface area contributed by atoms with Crippen LogP contribution in [0.2, 0.25) is 0 Å². The highest BCUT2D eigenvalue weighted by Gasteiger charge is 2.13. The van der Waals surface area contributed by atoms with Crippen LogP contribution in [0.5, 0.6) is 11.5 Å². The van der Waals surface area contributed by atoms with E-state index in [2.05, 4.69) is 0 Å². The third kappa shape index (κ3) is 2.25. The lowest BCUT2D eigenvalue weighted by atomic mass is 10.0. The van der Waals surface area contributed by atoms with Gasteiger partial charge in [0.05, 0.1) is 5.56 Å². The smallest absolute Gasteiger partial charge is 0.196 e. The molecular weight excluding hydrogens is 223 g/mol. The molecule has 2 aromatic carbocycles. The quantitative estimate of drug-likeness (QED) is 0.782. The molecule has 4 heteroatoms. The first-order valence-corrected chi connectivity index (χ1v) is 4.90. The molecule has 2 N–H and O–H groups in total. The largest absolute Gasteiger partial charge is 0.508 e. The van der Waals surface area contributed by atoms with Gasteiger partial charge in [-0.25, -0.2) is 4.39 Å². The number of hydrogen-bond acceptors (Lipinski definition) is 3. The third-order valence-electron chi connectivity index (χ3n) is 2.33. The molecule has 0 aromatic heterocycles. The fourth-order valence-corrected chi connectivity index (χ4v) is 1.47. The summed E-state index contributed by atoms with van der Waals surface area (Å²) in [5.74, 6) is -1.29. The SMILES string of the molecule is O=C(c1ccc(F)cc1)c1ccc(O)cc1O. The third-order valence-corrected chi connectivity index (χ3v) is 2.33. The Labute approximate surface area is 96.8 Å². The number of phenols is 2. The van der Waals surface area contributed by atoms with Gasteiger partial charge in [0, 0.05) is 11.6 Å². The number of ketones is 1. The van der Waals surface area contributed by atoms with E-state index in [-0.39, 0.29) is 22.6 Å². The maximum absolute atomic E-state index is 12.7. The Morgan fingerprint density at radius 2 is 1.65 bits per heavy atom. The van der Waals surface area contributed by atoms with Gasteiger partial charge in [-0.15, -0.1) is 0 Å². The van der Waals surface area contributed by atoms with Gasteiger partial charge in [-0.05, 0) is 36.4 Å². The molecule has 0 amide bonds. The zero-order chi connectivity index (χ0) is 12.4. The van der Waals surface area contributed by atoms with E-state index >= 15 is 0 Å². The highest BCUT2D eigenvalue weighted by molar-refractivity contribution is 6.10. The summed E-state index contributed by atoms with van der Waals surface area (Å²) in [6.07, 6.45) is 0. The van der Waals surface area contributed by atoms with Crippen molar-refractivity contribution in [1.82, 2.24) is 0 Å². The van der Waals surface area contributed by atoms with Crippen molar-refractivity contribution >= 4 is 5.78 Å². The van der Waals surface area contributed by atoms with Crippen LogP contribution in [0.15, 0.2) is 42.5 Å². The number of rotatable bonds is 2. The fraction of sp³-hybridized carbons (Fsp3) is 0. The summed E-state index contributed by atoms with van der Waals surface area (Å²) >= 11 is 0. The van der Waals surface area contributed by atoms with Crippen LogP contribution in [0.4, 0.5) is 4.39 Å². The van der Waals surface area contributed by atoms with E-state index in [1.807, 2.05) is 0 Å². The maximum atomic E-state index is 12.7. The van der Waals surface area contributed by atoms with E-state index in [9.17, 15) is 14.3 Å². The molecule has 0 fully saturated rings. The van der Waals surface area contributed by atoms with Crippen LogP contribution in [-0.4, -0.2) is 16.0 Å². The summed E-state index contributed by atoms with van der Waals surface area (Å²) in [7, 11) is 0. The number of hydrogen-bond donors (Lipinski definition) is 2. The Hall–Kier alpha value is -2.36. The van der Waals surface area contributed by atoms with E-state index in [1.165, 1.54) is 36.4 Å². The predicted molar refractivity (Wildman–Crippen MR) is 59.6 cm³/mol. The summed E-state index contributed by atoms with van der Waals surface area (Å²) in [5, 5.41) is 18.6. The lowest BCUT2D eigenvalue weighted by Gasteiger charge is -2.04. The first-order valence-electron chi connectivity index (χ1n) is 4.90. The molecular formula is C13H9FO3. The summed E-state index contributed by atoms with van der Waals surface area (Å²) in [6.45, 7) is 0. The van der Waals surface area contributed by atoms with Crippen molar-refractivity contribution in [2.24, 2.45) is 0 Å². The van der Waals surface area contributed by atoms with Crippen LogP contribution in [-0.2, 0) is 0 Å². The minimum Gasteiger partial charge on any atom is -0.508 e. The van der Waals surface area contributed by atoms with E-state index < -0.39 is 11.6 Å². The van der Waals surface area contributed by atoms with Gasteiger partial charge in [0.2, 0.25) is 0 Å². The summed E-state index contributed by atoms with van der Waals surface area (Å²) in [5.41, 5.74) is 0.335. The zero-order valence-electron chi connectivity index (χ0n) is 8.72. The monoisotopic (exact) mass is 232 g/mol. The van der Waals surface area contributed by atoms with Crippen molar-refractivity contribution in [3.05, 3.63) is 59.4 Å². The summed E-state index contributed by atoms with van der Waals surface area (Å²) < 4.78 is 12.7. The van der Waals surface area contributed by atoms with Crippen molar-refractivity contribution in [3.8, 4) is 11.5 Å². The summed E-state index contributed by atoms with van der Waals surface area (Å²) in [4.78, 5) is 11.9. The Morgan fingerprint density at radius 3 is 2.24 bits per heavy atom. The molecule has 0 spiro atoms. The topological polar surface area (TPSA) is 57.5 Å². The molecule has 0 aliphatic carbocycles. The highest BCUT2D eigenvalue weighted by Crippen LogP contribution is 2.24. The lowest BCUT2D eigenvalue weighted by Crippen LogP contribution is -2.01. The van der Waals surface area contributed by atoms with Crippen LogP contribution in [0.25, 0.3) is 0 Å². The van der Waals surface area contributed by atoms with Crippen LogP contribution >= 0.6 is 0 Å². The van der Waals surface area contributed by atoms with Crippen molar-refractivity contribution in [3.63, 3.8) is 0 Å². The van der Waals surface area contributed by atoms with Gasteiger partial charge in [0.15, 0.2) is 5.78 Å². The van der Waals surface area contributed by atoms with E-state index in [4.69, 9.17) is 5.11 Å². The van der Waals surface area contributed by atoms with E-state index in [0.29, 0.717) is 0 Å². The first-order chi connectivity index (χ1) is 8.08. The second kappa shape index (κ2) is 4.25. The number of benzene rings is 2.